The highest BCUT2D eigenvalue weighted by molar-refractivity contribution is 6.00. The molecule has 1 unspecified atom stereocenters. The summed E-state index contributed by atoms with van der Waals surface area (Å²) in [7, 11) is 0. The lowest BCUT2D eigenvalue weighted by Gasteiger charge is -2.25. The van der Waals surface area contributed by atoms with E-state index in [0.29, 0.717) is 12.1 Å². The molecule has 1 aromatic heterocycles. The number of hydrogen-bond donors (Lipinski definition) is 1. The zero-order valence-corrected chi connectivity index (χ0v) is 11.4. The highest BCUT2D eigenvalue weighted by Gasteiger charge is 2.27. The quantitative estimate of drug-likeness (QED) is 0.867. The maximum atomic E-state index is 12.4. The molecule has 2 aromatic rings. The Balaban J connectivity index is 1.75. The van der Waals surface area contributed by atoms with Crippen molar-refractivity contribution in [2.75, 3.05) is 11.9 Å². The number of aromatic nitrogens is 2. The number of anilines is 1. The molecule has 0 saturated heterocycles. The molecule has 0 radical (unpaired) electrons. The minimum atomic E-state index is -0.496. The van der Waals surface area contributed by atoms with Gasteiger partial charge in [-0.3, -0.25) is 9.48 Å². The lowest BCUT2D eigenvalue weighted by molar-refractivity contribution is 0.0801. The van der Waals surface area contributed by atoms with Crippen LogP contribution in [0.1, 0.15) is 23.7 Å². The molecule has 5 nitrogen and oxygen atoms in total. The maximum absolute atomic E-state index is 12.4. The van der Waals surface area contributed by atoms with Crippen LogP contribution in [-0.2, 0) is 6.54 Å². The summed E-state index contributed by atoms with van der Waals surface area (Å²) >= 11 is 0. The Morgan fingerprint density at radius 3 is 3.20 bits per heavy atom. The lowest BCUT2D eigenvalue weighted by atomic mass is 10.1. The number of nitrogens with one attached hydrogen (secondary N) is 1. The molecule has 104 valence electrons. The Hall–Kier alpha value is -2.30. The van der Waals surface area contributed by atoms with Gasteiger partial charge < -0.3 is 10.1 Å². The molecule has 1 aliphatic rings. The first-order valence-electron chi connectivity index (χ1n) is 6.84. The maximum Gasteiger partial charge on any atom is 0.208 e. The van der Waals surface area contributed by atoms with Crippen LogP contribution < -0.4 is 10.1 Å². The highest BCUT2D eigenvalue weighted by Crippen LogP contribution is 2.29. The van der Waals surface area contributed by atoms with Crippen LogP contribution in [0.15, 0.2) is 36.7 Å². The van der Waals surface area contributed by atoms with Crippen LogP contribution in [-0.4, -0.2) is 28.2 Å². The van der Waals surface area contributed by atoms with E-state index >= 15 is 0 Å². The SMILES string of the molecule is CCCn1cc(C(=O)C2CNc3ccccc3O2)cn1. The number of nitrogens with zero attached hydrogens (tertiary/aromatic N) is 2. The van der Waals surface area contributed by atoms with Crippen molar-refractivity contribution in [3.8, 4) is 5.75 Å². The number of aryl methyl sites for hydroxylation is 1. The zero-order valence-electron chi connectivity index (χ0n) is 11.4. The van der Waals surface area contributed by atoms with Gasteiger partial charge >= 0.3 is 0 Å². The molecule has 1 N–H and O–H groups in total. The summed E-state index contributed by atoms with van der Waals surface area (Å²) in [4.78, 5) is 12.4. The van der Waals surface area contributed by atoms with Crippen molar-refractivity contribution in [1.82, 2.24) is 9.78 Å². The van der Waals surface area contributed by atoms with Crippen molar-refractivity contribution in [3.05, 3.63) is 42.2 Å². The largest absolute Gasteiger partial charge is 0.478 e. The highest BCUT2D eigenvalue weighted by atomic mass is 16.5. The molecule has 1 atom stereocenters. The van der Waals surface area contributed by atoms with Crippen molar-refractivity contribution in [3.63, 3.8) is 0 Å². The fraction of sp³-hybridized carbons (Fsp3) is 0.333. The van der Waals surface area contributed by atoms with Gasteiger partial charge in [0.15, 0.2) is 6.10 Å². The minimum absolute atomic E-state index is 0.0330. The standard InChI is InChI=1S/C15H17N3O2/c1-2-7-18-10-11(8-17-18)15(19)14-9-16-12-5-3-4-6-13(12)20-14/h3-6,8,10,14,16H,2,7,9H2,1H3. The Morgan fingerprint density at radius 2 is 2.35 bits per heavy atom. The molecule has 5 heteroatoms. The summed E-state index contributed by atoms with van der Waals surface area (Å²) in [5.74, 6) is 0.687. The van der Waals surface area contributed by atoms with Gasteiger partial charge in [-0.25, -0.2) is 0 Å². The van der Waals surface area contributed by atoms with Gasteiger partial charge in [-0.2, -0.15) is 5.10 Å². The Kier molecular flexibility index (Phi) is 3.41. The summed E-state index contributed by atoms with van der Waals surface area (Å²) in [6.07, 6.45) is 3.89. The third kappa shape index (κ3) is 2.39. The van der Waals surface area contributed by atoms with Crippen LogP contribution in [0.25, 0.3) is 0 Å². The van der Waals surface area contributed by atoms with E-state index in [-0.39, 0.29) is 5.78 Å². The normalized spacial score (nSPS) is 16.9. The van der Waals surface area contributed by atoms with E-state index in [9.17, 15) is 4.79 Å². The van der Waals surface area contributed by atoms with Crippen molar-refractivity contribution in [2.45, 2.75) is 26.0 Å². The Morgan fingerprint density at radius 1 is 1.50 bits per heavy atom. The van der Waals surface area contributed by atoms with Crippen LogP contribution in [0.4, 0.5) is 5.69 Å². The fourth-order valence-corrected chi connectivity index (χ4v) is 2.29. The summed E-state index contributed by atoms with van der Waals surface area (Å²) < 4.78 is 7.56. The average Bonchev–Trinajstić information content (AvgIpc) is 2.95. The van der Waals surface area contributed by atoms with Gasteiger partial charge in [-0.1, -0.05) is 19.1 Å². The molecule has 0 saturated carbocycles. The Labute approximate surface area is 117 Å². The number of ketones is 1. The number of Topliss-reactive ketones (excluding diaryl/α,β-unsaturated/α-hetero) is 1. The molecular formula is C15H17N3O2. The van der Waals surface area contributed by atoms with E-state index in [1.807, 2.05) is 24.3 Å². The fourth-order valence-electron chi connectivity index (χ4n) is 2.29. The number of rotatable bonds is 4. The number of para-hydroxylation sites is 2. The number of ether oxygens (including phenoxy) is 1. The summed E-state index contributed by atoms with van der Waals surface area (Å²) in [5, 5.41) is 7.41. The van der Waals surface area contributed by atoms with Crippen LogP contribution in [0.5, 0.6) is 5.75 Å². The van der Waals surface area contributed by atoms with E-state index in [1.165, 1.54) is 0 Å². The first-order chi connectivity index (χ1) is 9.78. The predicted octanol–water partition coefficient (Wildman–Crippen LogP) is 2.35. The van der Waals surface area contributed by atoms with E-state index in [1.54, 1.807) is 17.1 Å². The molecule has 0 aliphatic carbocycles. The van der Waals surface area contributed by atoms with Gasteiger partial charge in [0.2, 0.25) is 5.78 Å². The van der Waals surface area contributed by atoms with E-state index in [4.69, 9.17) is 4.74 Å². The molecule has 0 bridgehead atoms. The molecule has 20 heavy (non-hydrogen) atoms. The van der Waals surface area contributed by atoms with Crippen LogP contribution in [0.3, 0.4) is 0 Å². The van der Waals surface area contributed by atoms with Crippen LogP contribution in [0.2, 0.25) is 0 Å². The molecule has 0 spiro atoms. The molecule has 1 aromatic carbocycles. The third-order valence-electron chi connectivity index (χ3n) is 3.30. The number of hydrogen-bond acceptors (Lipinski definition) is 4. The summed E-state index contributed by atoms with van der Waals surface area (Å²) in [6.45, 7) is 3.38. The monoisotopic (exact) mass is 271 g/mol. The number of fused-ring (bicyclic) bond motifs is 1. The van der Waals surface area contributed by atoms with Gasteiger partial charge in [-0.15, -0.1) is 0 Å². The second-order valence-corrected chi connectivity index (χ2v) is 4.84. The first kappa shape index (κ1) is 12.7. The van der Waals surface area contributed by atoms with Crippen LogP contribution in [0, 0.1) is 0 Å². The molecule has 1 aliphatic heterocycles. The summed E-state index contributed by atoms with van der Waals surface area (Å²) in [5.41, 5.74) is 1.53. The molecule has 2 heterocycles. The molecular weight excluding hydrogens is 254 g/mol. The average molecular weight is 271 g/mol. The van der Waals surface area contributed by atoms with Gasteiger partial charge in [-0.05, 0) is 18.6 Å². The smallest absolute Gasteiger partial charge is 0.208 e. The van der Waals surface area contributed by atoms with Gasteiger partial charge in [0.25, 0.3) is 0 Å². The molecule has 3 rings (SSSR count). The zero-order chi connectivity index (χ0) is 13.9. The number of carbonyl (C=O) groups is 1. The van der Waals surface area contributed by atoms with Crippen molar-refractivity contribution >= 4 is 11.5 Å². The summed E-state index contributed by atoms with van der Waals surface area (Å²) in [6, 6.07) is 7.64. The van der Waals surface area contributed by atoms with Crippen molar-refractivity contribution < 1.29 is 9.53 Å². The van der Waals surface area contributed by atoms with Crippen molar-refractivity contribution in [2.24, 2.45) is 0 Å². The van der Waals surface area contributed by atoms with E-state index in [0.717, 1.165) is 24.4 Å². The van der Waals surface area contributed by atoms with Crippen LogP contribution >= 0.6 is 0 Å². The molecule has 0 fully saturated rings. The first-order valence-corrected chi connectivity index (χ1v) is 6.84. The van der Waals surface area contributed by atoms with E-state index in [2.05, 4.69) is 17.3 Å². The topological polar surface area (TPSA) is 56.2 Å². The van der Waals surface area contributed by atoms with Gasteiger partial charge in [0, 0.05) is 12.7 Å². The lowest BCUT2D eigenvalue weighted by Crippen LogP contribution is -2.37. The second kappa shape index (κ2) is 5.36. The van der Waals surface area contributed by atoms with Crippen molar-refractivity contribution in [1.29, 1.82) is 0 Å². The number of benzene rings is 1. The van der Waals surface area contributed by atoms with Gasteiger partial charge in [0.1, 0.15) is 5.75 Å². The number of carbonyl (C=O) groups excluding carboxylic acids is 1. The second-order valence-electron chi connectivity index (χ2n) is 4.84. The minimum Gasteiger partial charge on any atom is -0.478 e. The van der Waals surface area contributed by atoms with Gasteiger partial charge in [0.05, 0.1) is 24.0 Å². The third-order valence-corrected chi connectivity index (χ3v) is 3.30. The predicted molar refractivity (Wildman–Crippen MR) is 76.2 cm³/mol. The molecule has 0 amide bonds. The Bertz CT molecular complexity index is 621. The van der Waals surface area contributed by atoms with E-state index < -0.39 is 6.10 Å².